The molecule has 204 valence electrons. The van der Waals surface area contributed by atoms with Crippen molar-refractivity contribution in [3.63, 3.8) is 0 Å². The number of halogens is 1. The zero-order valence-corrected chi connectivity index (χ0v) is 23.8. The van der Waals surface area contributed by atoms with Crippen molar-refractivity contribution in [1.82, 2.24) is 9.80 Å². The van der Waals surface area contributed by atoms with Crippen molar-refractivity contribution in [3.8, 4) is 0 Å². The summed E-state index contributed by atoms with van der Waals surface area (Å²) in [6, 6.07) is 4.79. The third kappa shape index (κ3) is 4.11. The third-order valence-corrected chi connectivity index (χ3v) is 10.5. The average Bonchev–Trinajstić information content (AvgIpc) is 3.14. The van der Waals surface area contributed by atoms with Gasteiger partial charge in [-0.05, 0) is 44.7 Å². The lowest BCUT2D eigenvalue weighted by Crippen LogP contribution is -2.53. The lowest BCUT2D eigenvalue weighted by molar-refractivity contribution is -0.143. The minimum Gasteiger partial charge on any atom is -0.396 e. The summed E-state index contributed by atoms with van der Waals surface area (Å²) >= 11 is 8.21. The normalized spacial score (nSPS) is 32.4. The Morgan fingerprint density at radius 2 is 1.79 bits per heavy atom. The lowest BCUT2D eigenvalue weighted by atomic mass is 9.74. The van der Waals surface area contributed by atoms with Crippen molar-refractivity contribution in [1.29, 1.82) is 0 Å². The molecule has 0 bridgehead atoms. The van der Waals surface area contributed by atoms with Crippen LogP contribution in [0.25, 0.3) is 0 Å². The zero-order chi connectivity index (χ0) is 27.2. The van der Waals surface area contributed by atoms with Crippen LogP contribution in [0.2, 0.25) is 5.02 Å². The molecule has 4 heterocycles. The number of rotatable bonds is 7. The average molecular weight is 558 g/mol. The molecule has 2 saturated heterocycles. The predicted molar refractivity (Wildman–Crippen MR) is 151 cm³/mol. The number of anilines is 1. The van der Waals surface area contributed by atoms with Crippen LogP contribution < -0.4 is 4.90 Å². The molecule has 1 unspecified atom stereocenters. The number of hydrogen-bond acceptors (Lipinski definition) is 5. The maximum Gasteiger partial charge on any atom is 0.251 e. The smallest absolute Gasteiger partial charge is 0.251 e. The maximum atomic E-state index is 14.5. The number of aryl methyl sites for hydroxylation is 1. The van der Waals surface area contributed by atoms with E-state index in [-0.39, 0.29) is 24.3 Å². The van der Waals surface area contributed by atoms with Gasteiger partial charge < -0.3 is 19.8 Å². The van der Waals surface area contributed by atoms with Crippen molar-refractivity contribution in [2.75, 3.05) is 37.7 Å². The first-order valence-corrected chi connectivity index (χ1v) is 14.7. The molecule has 0 aliphatic carbocycles. The molecule has 1 aromatic carbocycles. The molecule has 4 aliphatic heterocycles. The number of carbonyl (C=O) groups excluding carboxylic acids is 3. The second kappa shape index (κ2) is 10.4. The number of carbonyl (C=O) groups is 3. The minimum absolute atomic E-state index is 0.0121. The van der Waals surface area contributed by atoms with Gasteiger partial charge in [0.05, 0.1) is 27.3 Å². The largest absolute Gasteiger partial charge is 0.396 e. The second-order valence-electron chi connectivity index (χ2n) is 10.9. The van der Waals surface area contributed by atoms with Gasteiger partial charge in [0.15, 0.2) is 0 Å². The van der Waals surface area contributed by atoms with Gasteiger partial charge in [0.2, 0.25) is 11.8 Å². The van der Waals surface area contributed by atoms with Crippen LogP contribution in [0.5, 0.6) is 0 Å². The van der Waals surface area contributed by atoms with Crippen molar-refractivity contribution in [2.45, 2.75) is 55.6 Å². The van der Waals surface area contributed by atoms with E-state index in [0.29, 0.717) is 49.7 Å². The number of likely N-dealkylation sites (tertiary alicyclic amines) is 1. The van der Waals surface area contributed by atoms with E-state index in [1.165, 1.54) is 0 Å². The van der Waals surface area contributed by atoms with Crippen LogP contribution in [-0.4, -0.2) is 80.9 Å². The van der Waals surface area contributed by atoms with E-state index < -0.39 is 27.4 Å². The number of thioether (sulfide) groups is 1. The topological polar surface area (TPSA) is 81.2 Å². The summed E-state index contributed by atoms with van der Waals surface area (Å²) in [4.78, 5) is 48.1. The van der Waals surface area contributed by atoms with Crippen LogP contribution in [0.3, 0.4) is 0 Å². The highest BCUT2D eigenvalue weighted by molar-refractivity contribution is 8.02. The summed E-state index contributed by atoms with van der Waals surface area (Å²) in [6.45, 7) is 7.88. The Hall–Kier alpha value is -2.29. The molecule has 2 fully saturated rings. The first-order valence-electron chi connectivity index (χ1n) is 13.5. The highest BCUT2D eigenvalue weighted by Gasteiger charge is 2.73. The van der Waals surface area contributed by atoms with Gasteiger partial charge >= 0.3 is 0 Å². The molecule has 0 radical (unpaired) electrons. The van der Waals surface area contributed by atoms with Crippen LogP contribution in [0, 0.1) is 18.8 Å². The monoisotopic (exact) mass is 557 g/mol. The number of unbranched alkanes of at least 4 members (excludes halogenated alkanes) is 1. The van der Waals surface area contributed by atoms with Crippen LogP contribution >= 0.6 is 23.4 Å². The summed E-state index contributed by atoms with van der Waals surface area (Å²) < 4.78 is -1.50. The Bertz CT molecular complexity index is 1180. The Labute approximate surface area is 233 Å². The molecule has 4 aliphatic rings. The molecule has 1 aromatic rings. The van der Waals surface area contributed by atoms with Crippen molar-refractivity contribution < 1.29 is 19.5 Å². The molecule has 7 nitrogen and oxygen atoms in total. The number of aliphatic hydroxyl groups excluding tert-OH is 1. The van der Waals surface area contributed by atoms with Gasteiger partial charge in [0.25, 0.3) is 5.91 Å². The molecule has 5 atom stereocenters. The molecular weight excluding hydrogens is 522 g/mol. The molecule has 0 saturated carbocycles. The number of aliphatic hydroxyl groups is 1. The molecular formula is C29H36ClN3O4S. The number of fused-ring (bicyclic) bond motifs is 2. The van der Waals surface area contributed by atoms with E-state index in [9.17, 15) is 19.5 Å². The number of hydrogen-bond donors (Lipinski definition) is 1. The summed E-state index contributed by atoms with van der Waals surface area (Å²) in [6.07, 6.45) is 10.1. The van der Waals surface area contributed by atoms with E-state index in [1.54, 1.807) is 27.6 Å². The summed E-state index contributed by atoms with van der Waals surface area (Å²) in [5.41, 5.74) is 1.54. The van der Waals surface area contributed by atoms with Crippen LogP contribution in [0.15, 0.2) is 42.5 Å². The van der Waals surface area contributed by atoms with Gasteiger partial charge in [-0.25, -0.2) is 0 Å². The quantitative estimate of drug-likeness (QED) is 0.407. The Morgan fingerprint density at radius 3 is 2.50 bits per heavy atom. The fourth-order valence-corrected chi connectivity index (χ4v) is 9.32. The molecule has 1 spiro atoms. The Morgan fingerprint density at radius 1 is 1.03 bits per heavy atom. The SMILES string of the molecule is CCCN1CC=C[C@]2(C)S[C@]34C=CCN(c5c(C)cccc5Cl)C(=O)C3N(CCCCO)C(=O)[C@@H]4[C@@H]2C1=O. The van der Waals surface area contributed by atoms with Crippen molar-refractivity contribution >= 4 is 46.8 Å². The summed E-state index contributed by atoms with van der Waals surface area (Å²) in [5.74, 6) is -1.56. The molecule has 5 rings (SSSR count). The van der Waals surface area contributed by atoms with Gasteiger partial charge in [-0.1, -0.05) is 55.0 Å². The number of benzene rings is 1. The fraction of sp³-hybridized carbons (Fsp3) is 0.552. The van der Waals surface area contributed by atoms with E-state index in [0.717, 1.165) is 12.0 Å². The number of amides is 3. The van der Waals surface area contributed by atoms with E-state index in [2.05, 4.69) is 6.08 Å². The third-order valence-electron chi connectivity index (χ3n) is 8.40. The minimum atomic E-state index is -0.883. The molecule has 38 heavy (non-hydrogen) atoms. The van der Waals surface area contributed by atoms with Crippen LogP contribution in [0.4, 0.5) is 5.69 Å². The predicted octanol–water partition coefficient (Wildman–Crippen LogP) is 3.82. The molecule has 3 amide bonds. The Balaban J connectivity index is 1.64. The highest BCUT2D eigenvalue weighted by atomic mass is 35.5. The number of para-hydroxylation sites is 1. The molecule has 0 aromatic heterocycles. The summed E-state index contributed by atoms with van der Waals surface area (Å²) in [7, 11) is 0. The lowest BCUT2D eigenvalue weighted by Gasteiger charge is -2.37. The maximum absolute atomic E-state index is 14.5. The Kier molecular flexibility index (Phi) is 7.44. The highest BCUT2D eigenvalue weighted by Crippen LogP contribution is 2.65. The van der Waals surface area contributed by atoms with Gasteiger partial charge in [-0.15, -0.1) is 11.8 Å². The standard InChI is InChI=1S/C29H36ClN3O4S/c1-4-14-31-15-8-12-28(3)21(25(31)35)22-26(36)33(16-5-6-18-34)24-27(37)32(17-9-13-29(22,24)38-28)23-19(2)10-7-11-20(23)30/h7-13,21-22,24,34H,4-6,14-18H2,1-3H3/t21-,22+,24?,28+,29+/m1/s1. The first kappa shape index (κ1) is 27.3. The van der Waals surface area contributed by atoms with Crippen molar-refractivity contribution in [3.05, 3.63) is 53.1 Å². The van der Waals surface area contributed by atoms with E-state index in [4.69, 9.17) is 11.6 Å². The van der Waals surface area contributed by atoms with Crippen molar-refractivity contribution in [2.24, 2.45) is 11.8 Å². The van der Waals surface area contributed by atoms with Gasteiger partial charge in [0, 0.05) is 37.5 Å². The molecule has 9 heteroatoms. The van der Waals surface area contributed by atoms with Gasteiger partial charge in [-0.2, -0.15) is 0 Å². The zero-order valence-electron chi connectivity index (χ0n) is 22.2. The van der Waals surface area contributed by atoms with E-state index >= 15 is 0 Å². The van der Waals surface area contributed by atoms with Crippen LogP contribution in [-0.2, 0) is 14.4 Å². The molecule has 1 N–H and O–H groups in total. The van der Waals surface area contributed by atoms with Gasteiger partial charge in [0.1, 0.15) is 6.04 Å². The van der Waals surface area contributed by atoms with Crippen LogP contribution in [0.1, 0.15) is 38.7 Å². The second-order valence-corrected chi connectivity index (χ2v) is 13.1. The first-order chi connectivity index (χ1) is 18.2. The van der Waals surface area contributed by atoms with E-state index in [1.807, 2.05) is 56.0 Å². The number of nitrogens with zero attached hydrogens (tertiary/aromatic N) is 3. The summed E-state index contributed by atoms with van der Waals surface area (Å²) in [5, 5.41) is 9.90. The van der Waals surface area contributed by atoms with Gasteiger partial charge in [-0.3, -0.25) is 14.4 Å². The fourth-order valence-electron chi connectivity index (χ4n) is 6.84.